The normalized spacial score (nSPS) is 17.0. The SMILES string of the molecule is O=C(NC[C@@H](c1ccccc1Cl)c1c[nH]c2ccccc12)[C@H]1CCCN(C(=O)c2ccco2)C1. The summed E-state index contributed by atoms with van der Waals surface area (Å²) >= 11 is 6.58. The van der Waals surface area contributed by atoms with Crippen molar-refractivity contribution in [2.45, 2.75) is 18.8 Å². The zero-order valence-corrected chi connectivity index (χ0v) is 19.4. The van der Waals surface area contributed by atoms with E-state index in [1.54, 1.807) is 17.0 Å². The minimum atomic E-state index is -0.262. The van der Waals surface area contributed by atoms with Gasteiger partial charge >= 0.3 is 0 Å². The number of hydrogen-bond donors (Lipinski definition) is 2. The van der Waals surface area contributed by atoms with Crippen LogP contribution >= 0.6 is 11.6 Å². The lowest BCUT2D eigenvalue weighted by atomic mass is 9.90. The standard InChI is InChI=1S/C27H26ClN3O3/c28-23-10-3-1-8-19(23)21(22-15-29-24-11-4-2-9-20(22)24)16-30-26(32)18-7-5-13-31(17-18)27(33)25-12-6-14-34-25/h1-4,6,8-12,14-15,18,21,29H,5,7,13,16-17H2,(H,30,32)/t18-,21-/m0/s1. The molecule has 0 saturated carbocycles. The number of halogens is 1. The van der Waals surface area contributed by atoms with Gasteiger partial charge in [-0.1, -0.05) is 48.0 Å². The van der Waals surface area contributed by atoms with Crippen LogP contribution < -0.4 is 5.32 Å². The summed E-state index contributed by atoms with van der Waals surface area (Å²) in [5.74, 6) is -0.288. The van der Waals surface area contributed by atoms with Crippen LogP contribution in [-0.2, 0) is 4.79 Å². The Morgan fingerprint density at radius 2 is 1.91 bits per heavy atom. The van der Waals surface area contributed by atoms with Crippen molar-refractivity contribution in [3.8, 4) is 0 Å². The molecule has 0 bridgehead atoms. The van der Waals surface area contributed by atoms with Gasteiger partial charge in [-0.05, 0) is 48.2 Å². The lowest BCUT2D eigenvalue weighted by Gasteiger charge is -2.32. The molecule has 7 heteroatoms. The molecule has 0 spiro atoms. The van der Waals surface area contributed by atoms with E-state index in [4.69, 9.17) is 16.0 Å². The second-order valence-corrected chi connectivity index (χ2v) is 9.08. The number of aromatic nitrogens is 1. The first-order valence-electron chi connectivity index (χ1n) is 11.5. The van der Waals surface area contributed by atoms with E-state index in [0.29, 0.717) is 30.4 Å². The van der Waals surface area contributed by atoms with Gasteiger partial charge in [0.1, 0.15) is 0 Å². The van der Waals surface area contributed by atoms with Gasteiger partial charge in [0.2, 0.25) is 5.91 Å². The molecule has 2 amide bonds. The first-order valence-corrected chi connectivity index (χ1v) is 11.9. The van der Waals surface area contributed by atoms with Gasteiger partial charge in [-0.3, -0.25) is 9.59 Å². The fourth-order valence-corrected chi connectivity index (χ4v) is 5.07. The van der Waals surface area contributed by atoms with Crippen LogP contribution in [0.25, 0.3) is 10.9 Å². The van der Waals surface area contributed by atoms with Crippen molar-refractivity contribution < 1.29 is 14.0 Å². The Kier molecular flexibility index (Phi) is 6.41. The van der Waals surface area contributed by atoms with Crippen molar-refractivity contribution in [1.29, 1.82) is 0 Å². The van der Waals surface area contributed by atoms with E-state index in [9.17, 15) is 9.59 Å². The van der Waals surface area contributed by atoms with Crippen LogP contribution in [0.1, 0.15) is 40.4 Å². The number of amides is 2. The van der Waals surface area contributed by atoms with Gasteiger partial charge in [-0.25, -0.2) is 0 Å². The molecule has 2 aromatic carbocycles. The highest BCUT2D eigenvalue weighted by Crippen LogP contribution is 2.34. The second kappa shape index (κ2) is 9.77. The summed E-state index contributed by atoms with van der Waals surface area (Å²) < 4.78 is 5.25. The molecule has 6 nitrogen and oxygen atoms in total. The molecule has 1 fully saturated rings. The maximum atomic E-state index is 13.2. The highest BCUT2D eigenvalue weighted by atomic mass is 35.5. The van der Waals surface area contributed by atoms with Crippen molar-refractivity contribution >= 4 is 34.3 Å². The van der Waals surface area contributed by atoms with Crippen molar-refractivity contribution in [1.82, 2.24) is 15.2 Å². The van der Waals surface area contributed by atoms with E-state index in [0.717, 1.165) is 34.9 Å². The predicted octanol–water partition coefficient (Wildman–Crippen LogP) is 5.21. The molecule has 34 heavy (non-hydrogen) atoms. The number of rotatable bonds is 6. The number of aromatic amines is 1. The predicted molar refractivity (Wildman–Crippen MR) is 132 cm³/mol. The number of H-pyrrole nitrogens is 1. The fourth-order valence-electron chi connectivity index (χ4n) is 4.81. The van der Waals surface area contributed by atoms with Crippen LogP contribution in [0, 0.1) is 5.92 Å². The van der Waals surface area contributed by atoms with Crippen LogP contribution in [0.5, 0.6) is 0 Å². The molecule has 5 rings (SSSR count). The van der Waals surface area contributed by atoms with Crippen LogP contribution in [0.4, 0.5) is 0 Å². The molecule has 3 heterocycles. The van der Waals surface area contributed by atoms with E-state index in [1.165, 1.54) is 6.26 Å². The summed E-state index contributed by atoms with van der Waals surface area (Å²) in [6.07, 6.45) is 5.01. The van der Waals surface area contributed by atoms with Gasteiger partial charge in [0.25, 0.3) is 5.91 Å². The Labute approximate surface area is 202 Å². The number of hydrogen-bond acceptors (Lipinski definition) is 3. The van der Waals surface area contributed by atoms with Gasteiger partial charge in [-0.2, -0.15) is 0 Å². The number of likely N-dealkylation sites (tertiary alicyclic amines) is 1. The van der Waals surface area contributed by atoms with Gasteiger partial charge in [0.15, 0.2) is 5.76 Å². The van der Waals surface area contributed by atoms with Gasteiger partial charge < -0.3 is 19.6 Å². The highest BCUT2D eigenvalue weighted by Gasteiger charge is 2.30. The van der Waals surface area contributed by atoms with Gasteiger partial charge in [0.05, 0.1) is 12.2 Å². The average molecular weight is 476 g/mol. The first-order chi connectivity index (χ1) is 16.6. The van der Waals surface area contributed by atoms with E-state index in [1.807, 2.05) is 48.7 Å². The number of para-hydroxylation sites is 1. The lowest BCUT2D eigenvalue weighted by Crippen LogP contribution is -2.46. The average Bonchev–Trinajstić information content (AvgIpc) is 3.56. The maximum absolute atomic E-state index is 13.2. The Balaban J connectivity index is 1.34. The minimum Gasteiger partial charge on any atom is -0.459 e. The number of furan rings is 1. The van der Waals surface area contributed by atoms with Crippen molar-refractivity contribution in [3.63, 3.8) is 0 Å². The Bertz CT molecular complexity index is 1300. The molecule has 2 aromatic heterocycles. The third-order valence-corrected chi connectivity index (χ3v) is 6.91. The summed E-state index contributed by atoms with van der Waals surface area (Å²) in [5.41, 5.74) is 3.09. The molecule has 2 atom stereocenters. The maximum Gasteiger partial charge on any atom is 0.289 e. The molecule has 2 N–H and O–H groups in total. The second-order valence-electron chi connectivity index (χ2n) is 8.68. The molecule has 0 aliphatic carbocycles. The van der Waals surface area contributed by atoms with Gasteiger partial charge in [-0.15, -0.1) is 0 Å². The van der Waals surface area contributed by atoms with Crippen molar-refractivity contribution in [3.05, 3.63) is 95.0 Å². The number of carbonyl (C=O) groups is 2. The van der Waals surface area contributed by atoms with Crippen molar-refractivity contribution in [2.75, 3.05) is 19.6 Å². The summed E-state index contributed by atoms with van der Waals surface area (Å²) in [4.78, 5) is 30.9. The zero-order chi connectivity index (χ0) is 23.5. The number of nitrogens with one attached hydrogen (secondary N) is 2. The smallest absolute Gasteiger partial charge is 0.289 e. The van der Waals surface area contributed by atoms with E-state index < -0.39 is 0 Å². The summed E-state index contributed by atoms with van der Waals surface area (Å²) in [6, 6.07) is 19.2. The van der Waals surface area contributed by atoms with Crippen LogP contribution in [-0.4, -0.2) is 41.3 Å². The fraction of sp³-hybridized carbons (Fsp3) is 0.259. The van der Waals surface area contributed by atoms with Crippen LogP contribution in [0.2, 0.25) is 5.02 Å². The zero-order valence-electron chi connectivity index (χ0n) is 18.7. The topological polar surface area (TPSA) is 78.3 Å². The molecule has 1 aliphatic heterocycles. The van der Waals surface area contributed by atoms with E-state index in [-0.39, 0.29) is 23.7 Å². The third kappa shape index (κ3) is 4.46. The number of piperidine rings is 1. The number of carbonyl (C=O) groups excluding carboxylic acids is 2. The van der Waals surface area contributed by atoms with E-state index in [2.05, 4.69) is 16.4 Å². The van der Waals surface area contributed by atoms with Crippen LogP contribution in [0.3, 0.4) is 0 Å². The summed E-state index contributed by atoms with van der Waals surface area (Å²) in [6.45, 7) is 1.42. The number of benzene rings is 2. The molecule has 0 unspecified atom stereocenters. The largest absolute Gasteiger partial charge is 0.459 e. The van der Waals surface area contributed by atoms with Crippen LogP contribution in [0.15, 0.2) is 77.5 Å². The Hall–Kier alpha value is -3.51. The molecular formula is C27H26ClN3O3. The molecule has 1 saturated heterocycles. The van der Waals surface area contributed by atoms with Gasteiger partial charge in [0, 0.05) is 47.7 Å². The molecular weight excluding hydrogens is 450 g/mol. The highest BCUT2D eigenvalue weighted by molar-refractivity contribution is 6.31. The molecule has 1 aliphatic rings. The Morgan fingerprint density at radius 3 is 2.74 bits per heavy atom. The third-order valence-electron chi connectivity index (χ3n) is 6.57. The van der Waals surface area contributed by atoms with Crippen molar-refractivity contribution in [2.24, 2.45) is 5.92 Å². The molecule has 174 valence electrons. The monoisotopic (exact) mass is 475 g/mol. The Morgan fingerprint density at radius 1 is 1.09 bits per heavy atom. The minimum absolute atomic E-state index is 0.0474. The quantitative estimate of drug-likeness (QED) is 0.401. The van der Waals surface area contributed by atoms with E-state index >= 15 is 0 Å². The summed E-state index contributed by atoms with van der Waals surface area (Å²) in [5, 5.41) is 4.93. The molecule has 4 aromatic rings. The first kappa shape index (κ1) is 22.3. The number of nitrogens with zero attached hydrogens (tertiary/aromatic N) is 1. The lowest BCUT2D eigenvalue weighted by molar-refractivity contribution is -0.126. The molecule has 0 radical (unpaired) electrons. The number of fused-ring (bicyclic) bond motifs is 1. The summed E-state index contributed by atoms with van der Waals surface area (Å²) in [7, 11) is 0.